The van der Waals surface area contributed by atoms with E-state index in [0.717, 1.165) is 12.5 Å². The Morgan fingerprint density at radius 1 is 1.71 bits per heavy atom. The van der Waals surface area contributed by atoms with E-state index < -0.39 is 5.97 Å². The molecule has 0 amide bonds. The van der Waals surface area contributed by atoms with Gasteiger partial charge in [0.1, 0.15) is 0 Å². The van der Waals surface area contributed by atoms with E-state index >= 15 is 0 Å². The lowest BCUT2D eigenvalue weighted by Gasteiger charge is -2.33. The van der Waals surface area contributed by atoms with Crippen molar-refractivity contribution in [1.29, 1.82) is 0 Å². The molecule has 1 aliphatic carbocycles. The normalized spacial score (nSPS) is 25.8. The first-order valence-corrected chi connectivity index (χ1v) is 4.93. The van der Waals surface area contributed by atoms with Gasteiger partial charge in [-0.05, 0) is 24.3 Å². The molecule has 1 fully saturated rings. The molecule has 1 aromatic rings. The highest BCUT2D eigenvalue weighted by atomic mass is 16.4. The van der Waals surface area contributed by atoms with E-state index in [1.165, 1.54) is 12.8 Å². The lowest BCUT2D eigenvalue weighted by Crippen LogP contribution is -2.27. The topological polar surface area (TPSA) is 55.1 Å². The van der Waals surface area contributed by atoms with Crippen LogP contribution in [0.25, 0.3) is 0 Å². The van der Waals surface area contributed by atoms with Crippen molar-refractivity contribution in [2.24, 2.45) is 11.8 Å². The van der Waals surface area contributed by atoms with Crippen LogP contribution in [0.4, 0.5) is 0 Å². The molecule has 1 aliphatic rings. The number of carboxylic acids is 1. The third-order valence-corrected chi connectivity index (χ3v) is 3.08. The summed E-state index contributed by atoms with van der Waals surface area (Å²) in [6, 6.07) is 1.55. The van der Waals surface area contributed by atoms with Gasteiger partial charge in [0, 0.05) is 12.7 Å². The van der Waals surface area contributed by atoms with Gasteiger partial charge in [0.05, 0.1) is 0 Å². The lowest BCUT2D eigenvalue weighted by atomic mass is 9.75. The minimum Gasteiger partial charge on any atom is -0.476 e. The Morgan fingerprint density at radius 2 is 2.50 bits per heavy atom. The smallest absolute Gasteiger partial charge is 0.356 e. The predicted octanol–water partition coefficient (Wildman–Crippen LogP) is 1.63. The van der Waals surface area contributed by atoms with Crippen LogP contribution in [0.1, 0.15) is 30.3 Å². The Bertz CT molecular complexity index is 346. The van der Waals surface area contributed by atoms with E-state index in [1.54, 1.807) is 16.9 Å². The molecule has 14 heavy (non-hydrogen) atoms. The van der Waals surface area contributed by atoms with Gasteiger partial charge >= 0.3 is 5.97 Å². The maximum Gasteiger partial charge on any atom is 0.356 e. The van der Waals surface area contributed by atoms with Gasteiger partial charge in [0.15, 0.2) is 5.69 Å². The van der Waals surface area contributed by atoms with Gasteiger partial charge in [-0.3, -0.25) is 4.68 Å². The maximum absolute atomic E-state index is 10.6. The summed E-state index contributed by atoms with van der Waals surface area (Å²) in [5.74, 6) is 0.481. The molecule has 0 saturated heterocycles. The number of carboxylic acid groups (broad SMARTS) is 1. The first-order chi connectivity index (χ1) is 6.66. The number of aromatic carboxylic acids is 1. The van der Waals surface area contributed by atoms with Crippen molar-refractivity contribution in [2.45, 2.75) is 26.3 Å². The molecule has 1 heterocycles. The third-order valence-electron chi connectivity index (χ3n) is 3.08. The van der Waals surface area contributed by atoms with Crippen molar-refractivity contribution >= 4 is 5.97 Å². The fourth-order valence-corrected chi connectivity index (χ4v) is 1.82. The van der Waals surface area contributed by atoms with Crippen molar-refractivity contribution in [3.8, 4) is 0 Å². The summed E-state index contributed by atoms with van der Waals surface area (Å²) >= 11 is 0. The number of hydrogen-bond acceptors (Lipinski definition) is 2. The van der Waals surface area contributed by atoms with E-state index in [4.69, 9.17) is 5.11 Å². The van der Waals surface area contributed by atoms with E-state index in [9.17, 15) is 4.79 Å². The van der Waals surface area contributed by atoms with Crippen molar-refractivity contribution < 1.29 is 9.90 Å². The second-order valence-electron chi connectivity index (χ2n) is 4.04. The van der Waals surface area contributed by atoms with Crippen LogP contribution in [0, 0.1) is 11.8 Å². The van der Waals surface area contributed by atoms with Crippen LogP contribution < -0.4 is 0 Å². The molecule has 0 bridgehead atoms. The number of carbonyl (C=O) groups is 1. The first-order valence-electron chi connectivity index (χ1n) is 4.93. The Kier molecular flexibility index (Phi) is 2.27. The van der Waals surface area contributed by atoms with E-state index in [0.29, 0.717) is 5.92 Å². The zero-order chi connectivity index (χ0) is 10.1. The average molecular weight is 194 g/mol. The first kappa shape index (κ1) is 9.24. The Morgan fingerprint density at radius 3 is 2.93 bits per heavy atom. The molecule has 2 rings (SSSR count). The number of aromatic nitrogens is 2. The molecule has 1 saturated carbocycles. The van der Waals surface area contributed by atoms with Gasteiger partial charge < -0.3 is 5.11 Å². The van der Waals surface area contributed by atoms with Crippen LogP contribution in [0.2, 0.25) is 0 Å². The second-order valence-corrected chi connectivity index (χ2v) is 4.04. The summed E-state index contributed by atoms with van der Waals surface area (Å²) in [7, 11) is 0. The molecule has 0 unspecified atom stereocenters. The summed E-state index contributed by atoms with van der Waals surface area (Å²) in [5.41, 5.74) is 0.136. The fraction of sp³-hybridized carbons (Fsp3) is 0.600. The molecule has 1 aromatic heterocycles. The van der Waals surface area contributed by atoms with E-state index in [2.05, 4.69) is 12.0 Å². The molecule has 76 valence electrons. The monoisotopic (exact) mass is 194 g/mol. The molecular formula is C10H14N2O2. The number of hydrogen-bond donors (Lipinski definition) is 1. The zero-order valence-electron chi connectivity index (χ0n) is 8.18. The predicted molar refractivity (Wildman–Crippen MR) is 51.1 cm³/mol. The van der Waals surface area contributed by atoms with Gasteiger partial charge in [-0.1, -0.05) is 13.3 Å². The van der Waals surface area contributed by atoms with Crippen LogP contribution in [-0.4, -0.2) is 20.9 Å². The van der Waals surface area contributed by atoms with Crippen LogP contribution in [0.15, 0.2) is 12.3 Å². The Hall–Kier alpha value is -1.32. The zero-order valence-corrected chi connectivity index (χ0v) is 8.18. The molecule has 1 N–H and O–H groups in total. The maximum atomic E-state index is 10.6. The Labute approximate surface area is 82.5 Å². The van der Waals surface area contributed by atoms with Crippen LogP contribution in [0.5, 0.6) is 0 Å². The highest BCUT2D eigenvalue weighted by molar-refractivity contribution is 5.84. The summed E-state index contributed by atoms with van der Waals surface area (Å²) in [4.78, 5) is 10.6. The summed E-state index contributed by atoms with van der Waals surface area (Å²) in [5, 5.41) is 12.7. The fourth-order valence-electron chi connectivity index (χ4n) is 1.82. The van der Waals surface area contributed by atoms with Crippen LogP contribution in [-0.2, 0) is 6.54 Å². The number of rotatable bonds is 3. The number of nitrogens with zero attached hydrogens (tertiary/aromatic N) is 2. The minimum absolute atomic E-state index is 0.136. The molecule has 4 heteroatoms. The van der Waals surface area contributed by atoms with Crippen LogP contribution in [0.3, 0.4) is 0 Å². The standard InChI is InChI=1S/C10H14N2O2/c1-7-2-3-8(7)6-12-5-4-9(11-12)10(13)14/h4-5,7-8H,2-3,6H2,1H3,(H,13,14)/t7-,8+/m0/s1. The van der Waals surface area contributed by atoms with Gasteiger partial charge in [-0.2, -0.15) is 5.10 Å². The van der Waals surface area contributed by atoms with Crippen molar-refractivity contribution in [1.82, 2.24) is 9.78 Å². The summed E-state index contributed by atoms with van der Waals surface area (Å²) < 4.78 is 1.74. The van der Waals surface area contributed by atoms with Crippen molar-refractivity contribution in [3.05, 3.63) is 18.0 Å². The quantitative estimate of drug-likeness (QED) is 0.795. The van der Waals surface area contributed by atoms with Crippen LogP contribution >= 0.6 is 0 Å². The molecule has 0 aliphatic heterocycles. The van der Waals surface area contributed by atoms with Gasteiger partial charge in [0.25, 0.3) is 0 Å². The molecular weight excluding hydrogens is 180 g/mol. The molecule has 0 spiro atoms. The molecule has 0 radical (unpaired) electrons. The van der Waals surface area contributed by atoms with E-state index in [1.807, 2.05) is 0 Å². The van der Waals surface area contributed by atoms with Gasteiger partial charge in [0.2, 0.25) is 0 Å². The van der Waals surface area contributed by atoms with Crippen molar-refractivity contribution in [3.63, 3.8) is 0 Å². The molecule has 4 nitrogen and oxygen atoms in total. The second kappa shape index (κ2) is 3.44. The average Bonchev–Trinajstić information content (AvgIpc) is 2.60. The van der Waals surface area contributed by atoms with Gasteiger partial charge in [-0.25, -0.2) is 4.79 Å². The lowest BCUT2D eigenvalue weighted by molar-refractivity contribution is 0.0688. The van der Waals surface area contributed by atoms with E-state index in [-0.39, 0.29) is 5.69 Å². The highest BCUT2D eigenvalue weighted by Crippen LogP contribution is 2.34. The summed E-state index contributed by atoms with van der Waals surface area (Å²) in [6.45, 7) is 3.09. The van der Waals surface area contributed by atoms with Crippen molar-refractivity contribution in [2.75, 3.05) is 0 Å². The SMILES string of the molecule is C[C@H]1CC[C@@H]1Cn1ccc(C(=O)O)n1. The molecule has 0 aromatic carbocycles. The van der Waals surface area contributed by atoms with Gasteiger partial charge in [-0.15, -0.1) is 0 Å². The molecule has 2 atom stereocenters. The minimum atomic E-state index is -0.953. The third kappa shape index (κ3) is 1.64. The largest absolute Gasteiger partial charge is 0.476 e. The summed E-state index contributed by atoms with van der Waals surface area (Å²) in [6.07, 6.45) is 4.27. The Balaban J connectivity index is 1.99. The highest BCUT2D eigenvalue weighted by Gasteiger charge is 2.27.